The van der Waals surface area contributed by atoms with Crippen LogP contribution in [-0.4, -0.2) is 47.1 Å². The maximum atomic E-state index is 12.4. The minimum atomic E-state index is -1.15. The molecule has 8 heteroatoms. The number of aromatic nitrogens is 1. The van der Waals surface area contributed by atoms with Gasteiger partial charge in [0.2, 0.25) is 17.7 Å². The van der Waals surface area contributed by atoms with Gasteiger partial charge in [0.05, 0.1) is 18.7 Å². The van der Waals surface area contributed by atoms with E-state index < -0.39 is 30.2 Å². The van der Waals surface area contributed by atoms with Crippen LogP contribution in [0.5, 0.6) is 5.88 Å². The number of unbranched alkanes of at least 4 members (excludes halogenated alkanes) is 1. The van der Waals surface area contributed by atoms with Gasteiger partial charge < -0.3 is 20.5 Å². The average molecular weight is 604 g/mol. The van der Waals surface area contributed by atoms with Crippen molar-refractivity contribution in [3.05, 3.63) is 72.8 Å². The molecular formula is C36H49N3O5. The molecular weight excluding hydrogens is 554 g/mol. The Hall–Kier alpha value is -4.20. The third-order valence-electron chi connectivity index (χ3n) is 6.29. The first-order chi connectivity index (χ1) is 20.6. The molecule has 0 saturated heterocycles. The van der Waals surface area contributed by atoms with Crippen molar-refractivity contribution in [2.24, 2.45) is 10.8 Å². The standard InChI is InChI=1S/C31H37N3O5.C5H12/c1-22(35)33-27(20-29(36)37)30(38)32-21-31(2,3)16-10-11-17-39-28-19-25(23-12-6-4-7-13-23)18-26(34-28)24-14-8-5-9-15-24;1-5(2,3)4/h4-9,12-15,18-19,27H,10-11,16-17,20-21H2,1-3H3,(H,32,38)(H,33,35)(H,36,37);1-4H3. The number of hydrogen-bond donors (Lipinski definition) is 3. The predicted molar refractivity (Wildman–Crippen MR) is 176 cm³/mol. The molecule has 238 valence electrons. The molecule has 0 aliphatic rings. The van der Waals surface area contributed by atoms with Gasteiger partial charge in [-0.05, 0) is 47.3 Å². The Balaban J connectivity index is 0.00000125. The van der Waals surface area contributed by atoms with Gasteiger partial charge in [0.25, 0.3) is 0 Å². The summed E-state index contributed by atoms with van der Waals surface area (Å²) in [5.41, 5.74) is 4.29. The molecule has 1 heterocycles. The van der Waals surface area contributed by atoms with E-state index in [1.807, 2.05) is 68.4 Å². The monoisotopic (exact) mass is 603 g/mol. The second-order valence-electron chi connectivity index (χ2n) is 13.3. The van der Waals surface area contributed by atoms with Gasteiger partial charge in [-0.2, -0.15) is 0 Å². The number of carboxylic acids is 1. The Kier molecular flexibility index (Phi) is 14.1. The Labute approximate surface area is 262 Å². The lowest BCUT2D eigenvalue weighted by molar-refractivity contribution is -0.140. The molecule has 8 nitrogen and oxygen atoms in total. The Morgan fingerprint density at radius 2 is 1.41 bits per heavy atom. The number of nitrogens with one attached hydrogen (secondary N) is 2. The molecule has 44 heavy (non-hydrogen) atoms. The molecule has 0 bridgehead atoms. The van der Waals surface area contributed by atoms with Crippen molar-refractivity contribution in [1.29, 1.82) is 0 Å². The van der Waals surface area contributed by atoms with Crippen molar-refractivity contribution in [1.82, 2.24) is 15.6 Å². The van der Waals surface area contributed by atoms with E-state index in [4.69, 9.17) is 14.8 Å². The summed E-state index contributed by atoms with van der Waals surface area (Å²) < 4.78 is 6.07. The first-order valence-corrected chi connectivity index (χ1v) is 15.2. The lowest BCUT2D eigenvalue weighted by atomic mass is 9.87. The molecule has 0 aliphatic carbocycles. The van der Waals surface area contributed by atoms with Crippen molar-refractivity contribution in [3.63, 3.8) is 0 Å². The fraction of sp³-hybridized carbons (Fsp3) is 0.444. The van der Waals surface area contributed by atoms with E-state index >= 15 is 0 Å². The molecule has 0 saturated carbocycles. The molecule has 2 amide bonds. The summed E-state index contributed by atoms with van der Waals surface area (Å²) in [6.45, 7) is 14.9. The van der Waals surface area contributed by atoms with E-state index in [-0.39, 0.29) is 5.41 Å². The molecule has 1 unspecified atom stereocenters. The van der Waals surface area contributed by atoms with Gasteiger partial charge in [-0.15, -0.1) is 0 Å². The number of pyridine rings is 1. The predicted octanol–water partition coefficient (Wildman–Crippen LogP) is 7.14. The Morgan fingerprint density at radius 3 is 1.95 bits per heavy atom. The summed E-state index contributed by atoms with van der Waals surface area (Å²) in [5, 5.41) is 14.2. The molecule has 1 aromatic heterocycles. The molecule has 1 atom stereocenters. The van der Waals surface area contributed by atoms with Crippen molar-refractivity contribution < 1.29 is 24.2 Å². The second kappa shape index (κ2) is 17.2. The number of nitrogens with zero attached hydrogens (tertiary/aromatic N) is 1. The summed E-state index contributed by atoms with van der Waals surface area (Å²) in [6.07, 6.45) is 2.04. The van der Waals surface area contributed by atoms with E-state index in [0.717, 1.165) is 41.6 Å². The van der Waals surface area contributed by atoms with Crippen LogP contribution in [0.1, 0.15) is 74.1 Å². The Bertz CT molecular complexity index is 1260. The molecule has 0 aliphatic heterocycles. The van der Waals surface area contributed by atoms with E-state index in [1.165, 1.54) is 6.92 Å². The summed E-state index contributed by atoms with van der Waals surface area (Å²) in [7, 11) is 0. The van der Waals surface area contributed by atoms with Crippen LogP contribution < -0.4 is 15.4 Å². The van der Waals surface area contributed by atoms with Crippen LogP contribution in [0.3, 0.4) is 0 Å². The first kappa shape index (κ1) is 36.0. The van der Waals surface area contributed by atoms with Gasteiger partial charge >= 0.3 is 5.97 Å². The minimum Gasteiger partial charge on any atom is -0.481 e. The highest BCUT2D eigenvalue weighted by molar-refractivity contribution is 5.90. The number of hydrogen-bond acceptors (Lipinski definition) is 5. The molecule has 0 fully saturated rings. The van der Waals surface area contributed by atoms with Gasteiger partial charge in [-0.1, -0.05) is 102 Å². The quantitative estimate of drug-likeness (QED) is 0.169. The number of amides is 2. The van der Waals surface area contributed by atoms with Gasteiger partial charge in [-0.25, -0.2) is 4.98 Å². The summed E-state index contributed by atoms with van der Waals surface area (Å²) in [4.78, 5) is 39.5. The average Bonchev–Trinajstić information content (AvgIpc) is 2.95. The number of carboxylic acid groups (broad SMARTS) is 1. The van der Waals surface area contributed by atoms with Crippen LogP contribution in [0.4, 0.5) is 0 Å². The molecule has 3 rings (SSSR count). The fourth-order valence-electron chi connectivity index (χ4n) is 4.18. The highest BCUT2D eigenvalue weighted by Crippen LogP contribution is 2.29. The SMILES string of the molecule is CC(=O)NC(CC(=O)O)C(=O)NCC(C)(C)CCCCOc1cc(-c2ccccc2)cc(-c2ccccc2)n1.CC(C)(C)C. The molecule has 0 radical (unpaired) electrons. The maximum absolute atomic E-state index is 12.4. The number of aliphatic carboxylic acids is 1. The van der Waals surface area contributed by atoms with Crippen LogP contribution in [0.15, 0.2) is 72.8 Å². The molecule has 0 spiro atoms. The number of carbonyl (C=O) groups is 3. The van der Waals surface area contributed by atoms with Crippen molar-refractivity contribution in [2.75, 3.05) is 13.2 Å². The normalized spacial score (nSPS) is 11.9. The van der Waals surface area contributed by atoms with Gasteiger partial charge in [0.15, 0.2) is 0 Å². The van der Waals surface area contributed by atoms with Crippen molar-refractivity contribution in [3.8, 4) is 28.3 Å². The lowest BCUT2D eigenvalue weighted by Crippen LogP contribution is -2.49. The minimum absolute atomic E-state index is 0.217. The third kappa shape index (κ3) is 14.8. The van der Waals surface area contributed by atoms with Gasteiger partial charge in [0.1, 0.15) is 6.04 Å². The van der Waals surface area contributed by atoms with Crippen LogP contribution in [-0.2, 0) is 14.4 Å². The third-order valence-corrected chi connectivity index (χ3v) is 6.29. The van der Waals surface area contributed by atoms with Crippen LogP contribution in [0, 0.1) is 10.8 Å². The van der Waals surface area contributed by atoms with Gasteiger partial charge in [0, 0.05) is 25.1 Å². The molecule has 2 aromatic carbocycles. The maximum Gasteiger partial charge on any atom is 0.305 e. The van der Waals surface area contributed by atoms with Crippen molar-refractivity contribution in [2.45, 2.75) is 80.2 Å². The number of benzene rings is 2. The number of carbonyl (C=O) groups excluding carboxylic acids is 2. The number of rotatable bonds is 14. The van der Waals surface area contributed by atoms with Crippen LogP contribution in [0.25, 0.3) is 22.4 Å². The Morgan fingerprint density at radius 1 is 0.841 bits per heavy atom. The zero-order valence-corrected chi connectivity index (χ0v) is 27.3. The smallest absolute Gasteiger partial charge is 0.305 e. The fourth-order valence-corrected chi connectivity index (χ4v) is 4.18. The van der Waals surface area contributed by atoms with E-state index in [9.17, 15) is 14.4 Å². The van der Waals surface area contributed by atoms with E-state index in [1.54, 1.807) is 0 Å². The van der Waals surface area contributed by atoms with Crippen LogP contribution >= 0.6 is 0 Å². The molecule has 3 N–H and O–H groups in total. The molecule has 3 aromatic rings. The second-order valence-corrected chi connectivity index (χ2v) is 13.3. The first-order valence-electron chi connectivity index (χ1n) is 15.2. The van der Waals surface area contributed by atoms with Crippen LogP contribution in [0.2, 0.25) is 0 Å². The highest BCUT2D eigenvalue weighted by Gasteiger charge is 2.25. The topological polar surface area (TPSA) is 118 Å². The zero-order chi connectivity index (χ0) is 32.8. The van der Waals surface area contributed by atoms with Crippen molar-refractivity contribution >= 4 is 17.8 Å². The lowest BCUT2D eigenvalue weighted by Gasteiger charge is -2.26. The van der Waals surface area contributed by atoms with Gasteiger partial charge in [-0.3, -0.25) is 14.4 Å². The summed E-state index contributed by atoms with van der Waals surface area (Å²) in [5.74, 6) is -1.52. The summed E-state index contributed by atoms with van der Waals surface area (Å²) >= 11 is 0. The summed E-state index contributed by atoms with van der Waals surface area (Å²) in [6, 6.07) is 23.1. The number of ether oxygens (including phenoxy) is 1. The highest BCUT2D eigenvalue weighted by atomic mass is 16.5. The zero-order valence-electron chi connectivity index (χ0n) is 27.3. The van der Waals surface area contributed by atoms with E-state index in [2.05, 4.69) is 56.5 Å². The van der Waals surface area contributed by atoms with E-state index in [0.29, 0.717) is 24.4 Å². The largest absolute Gasteiger partial charge is 0.481 e.